The third-order valence-electron chi connectivity index (χ3n) is 3.48. The van der Waals surface area contributed by atoms with Crippen molar-refractivity contribution < 1.29 is 13.6 Å². The van der Waals surface area contributed by atoms with E-state index in [-0.39, 0.29) is 17.5 Å². The Labute approximate surface area is 153 Å². The summed E-state index contributed by atoms with van der Waals surface area (Å²) in [6.45, 7) is 1.84. The molecule has 1 aromatic heterocycles. The highest BCUT2D eigenvalue weighted by atomic mass is 35.5. The van der Waals surface area contributed by atoms with Crippen LogP contribution in [0.3, 0.4) is 0 Å². The fraction of sp³-hybridized carbons (Fsp3) is 0.111. The van der Waals surface area contributed by atoms with Crippen LogP contribution in [0.15, 0.2) is 58.3 Å². The normalized spacial score (nSPS) is 10.7. The monoisotopic (exact) mass is 376 g/mol. The van der Waals surface area contributed by atoms with Gasteiger partial charge in [0.15, 0.2) is 5.76 Å². The van der Waals surface area contributed by atoms with Gasteiger partial charge in [-0.3, -0.25) is 4.79 Å². The number of rotatable bonds is 5. The van der Waals surface area contributed by atoms with E-state index in [4.69, 9.17) is 16.0 Å². The van der Waals surface area contributed by atoms with Gasteiger partial charge in [0.25, 0.3) is 5.22 Å². The van der Waals surface area contributed by atoms with Gasteiger partial charge in [-0.1, -0.05) is 29.4 Å². The largest absolute Gasteiger partial charge is 0.431 e. The van der Waals surface area contributed by atoms with Crippen molar-refractivity contribution in [3.63, 3.8) is 0 Å². The second kappa shape index (κ2) is 7.72. The molecule has 3 aromatic rings. The van der Waals surface area contributed by atoms with Crippen LogP contribution in [0.4, 0.5) is 10.1 Å². The van der Waals surface area contributed by atoms with Crippen molar-refractivity contribution in [2.75, 3.05) is 11.1 Å². The smallest absolute Gasteiger partial charge is 0.256 e. The Hall–Kier alpha value is -2.31. The maximum Gasteiger partial charge on any atom is 0.256 e. The Morgan fingerprint density at radius 1 is 1.28 bits per heavy atom. The number of amides is 1. The molecule has 1 amide bonds. The molecule has 0 atom stereocenters. The van der Waals surface area contributed by atoms with Crippen molar-refractivity contribution in [3.05, 3.63) is 65.1 Å². The van der Waals surface area contributed by atoms with Crippen molar-refractivity contribution in [2.45, 2.75) is 12.1 Å². The minimum absolute atomic E-state index is 0.148. The van der Waals surface area contributed by atoms with Gasteiger partial charge in [0.05, 0.1) is 11.9 Å². The first kappa shape index (κ1) is 17.5. The van der Waals surface area contributed by atoms with Gasteiger partial charge in [0, 0.05) is 16.3 Å². The summed E-state index contributed by atoms with van der Waals surface area (Å²) in [7, 11) is 0. The molecule has 2 aromatic carbocycles. The first-order valence-corrected chi connectivity index (χ1v) is 8.79. The molecule has 0 saturated heterocycles. The Morgan fingerprint density at radius 2 is 2.04 bits per heavy atom. The third kappa shape index (κ3) is 4.41. The number of hydrogen-bond acceptors (Lipinski definition) is 4. The molecule has 0 aliphatic rings. The lowest BCUT2D eigenvalue weighted by Gasteiger charge is -2.08. The zero-order valence-electron chi connectivity index (χ0n) is 13.3. The van der Waals surface area contributed by atoms with Gasteiger partial charge >= 0.3 is 0 Å². The molecule has 4 nitrogen and oxygen atoms in total. The molecule has 25 heavy (non-hydrogen) atoms. The minimum atomic E-state index is -0.314. The molecular weight excluding hydrogens is 363 g/mol. The number of aromatic nitrogens is 1. The van der Waals surface area contributed by atoms with Crippen LogP contribution >= 0.6 is 23.4 Å². The van der Waals surface area contributed by atoms with Crippen LogP contribution in [0.25, 0.3) is 11.3 Å². The lowest BCUT2D eigenvalue weighted by molar-refractivity contribution is -0.113. The average molecular weight is 377 g/mol. The number of halogens is 2. The van der Waals surface area contributed by atoms with Crippen LogP contribution in [0.5, 0.6) is 0 Å². The Morgan fingerprint density at radius 3 is 2.80 bits per heavy atom. The summed E-state index contributed by atoms with van der Waals surface area (Å²) < 4.78 is 18.5. The van der Waals surface area contributed by atoms with Crippen molar-refractivity contribution >= 4 is 35.0 Å². The third-order valence-corrected chi connectivity index (χ3v) is 4.73. The fourth-order valence-corrected chi connectivity index (χ4v) is 2.91. The van der Waals surface area contributed by atoms with Crippen molar-refractivity contribution in [1.29, 1.82) is 0 Å². The van der Waals surface area contributed by atoms with Crippen molar-refractivity contribution in [3.8, 4) is 11.3 Å². The zero-order chi connectivity index (χ0) is 17.8. The van der Waals surface area contributed by atoms with E-state index < -0.39 is 0 Å². The van der Waals surface area contributed by atoms with Gasteiger partial charge in [-0.05, 0) is 48.9 Å². The summed E-state index contributed by atoms with van der Waals surface area (Å²) in [6, 6.07) is 11.3. The highest BCUT2D eigenvalue weighted by molar-refractivity contribution is 7.99. The van der Waals surface area contributed by atoms with Crippen LogP contribution < -0.4 is 5.32 Å². The number of carbonyl (C=O) groups excluding carboxylic acids is 1. The molecule has 0 spiro atoms. The maximum atomic E-state index is 12.9. The van der Waals surface area contributed by atoms with E-state index >= 15 is 0 Å². The van der Waals surface area contributed by atoms with Crippen LogP contribution in [0.2, 0.25) is 5.02 Å². The summed E-state index contributed by atoms with van der Waals surface area (Å²) in [5.41, 5.74) is 2.22. The Balaban J connectivity index is 1.59. The highest BCUT2D eigenvalue weighted by Crippen LogP contribution is 2.26. The number of nitrogens with zero attached hydrogens (tertiary/aromatic N) is 1. The predicted octanol–water partition coefficient (Wildman–Crippen LogP) is 5.17. The molecule has 3 rings (SSSR count). The molecule has 0 bridgehead atoms. The van der Waals surface area contributed by atoms with Gasteiger partial charge in [0.1, 0.15) is 5.82 Å². The molecule has 0 unspecified atom stereocenters. The molecule has 0 aliphatic heterocycles. The summed E-state index contributed by atoms with van der Waals surface area (Å²) >= 11 is 7.22. The maximum absolute atomic E-state index is 12.9. The molecule has 0 saturated carbocycles. The number of oxazole rings is 1. The predicted molar refractivity (Wildman–Crippen MR) is 97.4 cm³/mol. The van der Waals surface area contributed by atoms with E-state index in [9.17, 15) is 9.18 Å². The van der Waals surface area contributed by atoms with Crippen molar-refractivity contribution in [2.24, 2.45) is 0 Å². The van der Waals surface area contributed by atoms with E-state index in [0.29, 0.717) is 21.7 Å². The Bertz CT molecular complexity index is 896. The molecule has 7 heteroatoms. The fourth-order valence-electron chi connectivity index (χ4n) is 2.13. The van der Waals surface area contributed by atoms with Crippen LogP contribution in [-0.2, 0) is 4.79 Å². The molecule has 0 aliphatic carbocycles. The molecule has 1 N–H and O–H groups in total. The van der Waals surface area contributed by atoms with E-state index in [1.54, 1.807) is 36.5 Å². The van der Waals surface area contributed by atoms with Gasteiger partial charge in [-0.15, -0.1) is 0 Å². The number of carbonyl (C=O) groups is 1. The second-order valence-corrected chi connectivity index (χ2v) is 6.58. The minimum Gasteiger partial charge on any atom is -0.431 e. The summed E-state index contributed by atoms with van der Waals surface area (Å²) in [6.07, 6.45) is 1.55. The molecule has 0 radical (unpaired) electrons. The number of hydrogen-bond donors (Lipinski definition) is 1. The molecular formula is C18H14ClFN2O2S. The first-order chi connectivity index (χ1) is 12.0. The second-order valence-electron chi connectivity index (χ2n) is 5.25. The van der Waals surface area contributed by atoms with Crippen LogP contribution in [-0.4, -0.2) is 16.6 Å². The summed E-state index contributed by atoms with van der Waals surface area (Å²) in [5, 5.41) is 3.78. The molecule has 0 fully saturated rings. The highest BCUT2D eigenvalue weighted by Gasteiger charge is 2.11. The standard InChI is InChI=1S/C18H14ClFN2O2S/c1-11-14(19)3-2-4-15(11)22-17(23)10-25-18-21-9-16(24-18)12-5-7-13(20)8-6-12/h2-9H,10H2,1H3,(H,22,23). The van der Waals surface area contributed by atoms with Crippen molar-refractivity contribution in [1.82, 2.24) is 4.98 Å². The summed E-state index contributed by atoms with van der Waals surface area (Å²) in [4.78, 5) is 16.2. The average Bonchev–Trinajstić information content (AvgIpc) is 3.07. The lowest BCUT2D eigenvalue weighted by atomic mass is 10.2. The van der Waals surface area contributed by atoms with Crippen LogP contribution in [0, 0.1) is 12.7 Å². The number of anilines is 1. The lowest BCUT2D eigenvalue weighted by Crippen LogP contribution is -2.14. The van der Waals surface area contributed by atoms with Gasteiger partial charge in [-0.2, -0.15) is 0 Å². The van der Waals surface area contributed by atoms with E-state index in [2.05, 4.69) is 10.3 Å². The number of thioether (sulfide) groups is 1. The van der Waals surface area contributed by atoms with E-state index in [0.717, 1.165) is 11.1 Å². The van der Waals surface area contributed by atoms with Crippen LogP contribution in [0.1, 0.15) is 5.56 Å². The SMILES string of the molecule is Cc1c(Cl)cccc1NC(=O)CSc1ncc(-c2ccc(F)cc2)o1. The number of benzene rings is 2. The Kier molecular flexibility index (Phi) is 5.40. The molecule has 1 heterocycles. The quantitative estimate of drug-likeness (QED) is 0.624. The molecule has 128 valence electrons. The summed E-state index contributed by atoms with van der Waals surface area (Å²) in [5.74, 6) is 0.173. The zero-order valence-corrected chi connectivity index (χ0v) is 14.8. The van der Waals surface area contributed by atoms with Gasteiger partial charge < -0.3 is 9.73 Å². The number of nitrogens with one attached hydrogen (secondary N) is 1. The van der Waals surface area contributed by atoms with E-state index in [1.807, 2.05) is 6.92 Å². The first-order valence-electron chi connectivity index (χ1n) is 7.42. The van der Waals surface area contributed by atoms with Gasteiger partial charge in [-0.25, -0.2) is 9.37 Å². The van der Waals surface area contributed by atoms with Gasteiger partial charge in [0.2, 0.25) is 5.91 Å². The van der Waals surface area contributed by atoms with E-state index in [1.165, 1.54) is 23.9 Å². The topological polar surface area (TPSA) is 55.1 Å².